The number of nitrogens with zero attached hydrogens (tertiary/aromatic N) is 1. The number of esters is 1. The number of aromatic nitrogens is 1. The molecule has 0 aliphatic carbocycles. The minimum atomic E-state index is -2.87. The van der Waals surface area contributed by atoms with Gasteiger partial charge in [-0.3, -0.25) is 0 Å². The van der Waals surface area contributed by atoms with Crippen molar-refractivity contribution < 1.29 is 18.3 Å². The zero-order valence-electron chi connectivity index (χ0n) is 8.34. The van der Waals surface area contributed by atoms with E-state index < -0.39 is 18.1 Å². The number of halogens is 3. The van der Waals surface area contributed by atoms with E-state index in [4.69, 9.17) is 17.3 Å². The molecule has 0 atom stereocenters. The van der Waals surface area contributed by atoms with Crippen molar-refractivity contribution in [3.05, 3.63) is 22.5 Å². The van der Waals surface area contributed by atoms with E-state index in [2.05, 4.69) is 9.72 Å². The summed E-state index contributed by atoms with van der Waals surface area (Å²) in [5.41, 5.74) is 4.00. The van der Waals surface area contributed by atoms with Crippen LogP contribution in [0.2, 0.25) is 5.02 Å². The Morgan fingerprint density at radius 2 is 2.31 bits per heavy atom. The summed E-state index contributed by atoms with van der Waals surface area (Å²) in [5, 5.41) is -0.111. The Kier molecular flexibility index (Phi) is 4.00. The van der Waals surface area contributed by atoms with Crippen molar-refractivity contribution in [3.63, 3.8) is 0 Å². The van der Waals surface area contributed by atoms with Crippen LogP contribution in [0.25, 0.3) is 0 Å². The first-order chi connectivity index (χ1) is 7.47. The van der Waals surface area contributed by atoms with Gasteiger partial charge in [-0.15, -0.1) is 0 Å². The maximum absolute atomic E-state index is 12.5. The van der Waals surface area contributed by atoms with Crippen LogP contribution < -0.4 is 5.73 Å². The van der Waals surface area contributed by atoms with Gasteiger partial charge in [0.05, 0.1) is 17.3 Å². The summed E-state index contributed by atoms with van der Waals surface area (Å²) in [5.74, 6) is -0.852. The molecular formula is C9H9ClF2N2O2. The number of rotatable bonds is 3. The number of anilines is 1. The molecule has 0 aliphatic rings. The quantitative estimate of drug-likeness (QED) is 0.837. The van der Waals surface area contributed by atoms with Gasteiger partial charge in [-0.25, -0.2) is 18.6 Å². The van der Waals surface area contributed by atoms with Crippen molar-refractivity contribution in [1.82, 2.24) is 4.98 Å². The van der Waals surface area contributed by atoms with Crippen molar-refractivity contribution in [2.75, 3.05) is 12.3 Å². The molecule has 7 heteroatoms. The van der Waals surface area contributed by atoms with Gasteiger partial charge in [0.2, 0.25) is 0 Å². The van der Waals surface area contributed by atoms with Gasteiger partial charge in [-0.05, 0) is 13.0 Å². The standard InChI is InChI=1S/C9H9ClF2N2O2/c1-2-16-9(15)6-4(10)3-5(13)7(14-6)8(11)12/h3,8H,2,13H2,1H3. The lowest BCUT2D eigenvalue weighted by Crippen LogP contribution is -2.11. The highest BCUT2D eigenvalue weighted by atomic mass is 35.5. The van der Waals surface area contributed by atoms with Gasteiger partial charge in [-0.2, -0.15) is 0 Å². The van der Waals surface area contributed by atoms with Crippen molar-refractivity contribution in [3.8, 4) is 0 Å². The maximum Gasteiger partial charge on any atom is 0.358 e. The number of hydrogen-bond donors (Lipinski definition) is 1. The number of nitrogen functional groups attached to an aromatic ring is 1. The molecule has 1 rings (SSSR count). The van der Waals surface area contributed by atoms with E-state index in [0.29, 0.717) is 0 Å². The summed E-state index contributed by atoms with van der Waals surface area (Å²) in [7, 11) is 0. The molecule has 16 heavy (non-hydrogen) atoms. The summed E-state index contributed by atoms with van der Waals surface area (Å²) in [4.78, 5) is 14.7. The highest BCUT2D eigenvalue weighted by Crippen LogP contribution is 2.27. The lowest BCUT2D eigenvalue weighted by atomic mass is 10.2. The number of hydrogen-bond acceptors (Lipinski definition) is 4. The van der Waals surface area contributed by atoms with Crippen molar-refractivity contribution in [2.45, 2.75) is 13.3 Å². The summed E-state index contributed by atoms with van der Waals surface area (Å²) in [6.07, 6.45) is -2.87. The van der Waals surface area contributed by atoms with Crippen LogP contribution in [0.4, 0.5) is 14.5 Å². The molecular weight excluding hydrogens is 242 g/mol. The maximum atomic E-state index is 12.5. The first kappa shape index (κ1) is 12.6. The fourth-order valence-electron chi connectivity index (χ4n) is 1.03. The third kappa shape index (κ3) is 2.57. The highest BCUT2D eigenvalue weighted by molar-refractivity contribution is 6.33. The molecule has 0 bridgehead atoms. The molecule has 0 saturated heterocycles. The average molecular weight is 251 g/mol. The number of carbonyl (C=O) groups is 1. The topological polar surface area (TPSA) is 65.2 Å². The number of nitrogens with two attached hydrogens (primary N) is 1. The summed E-state index contributed by atoms with van der Waals surface area (Å²) in [6.45, 7) is 1.68. The van der Waals surface area contributed by atoms with E-state index >= 15 is 0 Å². The second kappa shape index (κ2) is 5.07. The lowest BCUT2D eigenvalue weighted by Gasteiger charge is -2.08. The number of carbonyl (C=O) groups excluding carboxylic acids is 1. The molecule has 0 spiro atoms. The molecule has 0 fully saturated rings. The number of alkyl halides is 2. The van der Waals surface area contributed by atoms with E-state index in [-0.39, 0.29) is 23.0 Å². The largest absolute Gasteiger partial charge is 0.461 e. The van der Waals surface area contributed by atoms with Crippen LogP contribution in [-0.4, -0.2) is 17.6 Å². The minimum absolute atomic E-state index is 0.102. The molecule has 1 heterocycles. The normalized spacial score (nSPS) is 10.6. The van der Waals surface area contributed by atoms with Crippen molar-refractivity contribution in [1.29, 1.82) is 0 Å². The van der Waals surface area contributed by atoms with Crippen LogP contribution in [0.5, 0.6) is 0 Å². The molecule has 0 amide bonds. The van der Waals surface area contributed by atoms with Gasteiger partial charge in [0, 0.05) is 0 Å². The minimum Gasteiger partial charge on any atom is -0.461 e. The van der Waals surface area contributed by atoms with E-state index in [0.717, 1.165) is 6.07 Å². The predicted octanol–water partition coefficient (Wildman–Crippen LogP) is 2.43. The smallest absolute Gasteiger partial charge is 0.358 e. The van der Waals surface area contributed by atoms with Gasteiger partial charge in [0.25, 0.3) is 6.43 Å². The molecule has 2 N–H and O–H groups in total. The Labute approximate surface area is 95.4 Å². The van der Waals surface area contributed by atoms with Crippen molar-refractivity contribution in [2.24, 2.45) is 0 Å². The van der Waals surface area contributed by atoms with Crippen LogP contribution in [0.1, 0.15) is 29.5 Å². The number of pyridine rings is 1. The lowest BCUT2D eigenvalue weighted by molar-refractivity contribution is 0.0518. The Bertz CT molecular complexity index is 413. The summed E-state index contributed by atoms with van der Waals surface area (Å²) in [6, 6.07) is 1.06. The Morgan fingerprint density at radius 3 is 2.81 bits per heavy atom. The van der Waals surface area contributed by atoms with Gasteiger partial charge >= 0.3 is 5.97 Å². The van der Waals surface area contributed by atoms with Crippen LogP contribution in [0.3, 0.4) is 0 Å². The fourth-order valence-corrected chi connectivity index (χ4v) is 1.27. The van der Waals surface area contributed by atoms with Crippen LogP contribution in [0.15, 0.2) is 6.07 Å². The molecule has 4 nitrogen and oxygen atoms in total. The van der Waals surface area contributed by atoms with E-state index in [9.17, 15) is 13.6 Å². The molecule has 1 aromatic rings. The third-order valence-corrected chi connectivity index (χ3v) is 2.00. The number of ether oxygens (including phenoxy) is 1. The Balaban J connectivity index is 3.19. The van der Waals surface area contributed by atoms with E-state index in [1.165, 1.54) is 0 Å². The third-order valence-electron chi connectivity index (χ3n) is 1.71. The molecule has 0 radical (unpaired) electrons. The Hall–Kier alpha value is -1.43. The molecule has 1 aromatic heterocycles. The molecule has 0 aliphatic heterocycles. The van der Waals surface area contributed by atoms with Crippen LogP contribution in [0, 0.1) is 0 Å². The van der Waals surface area contributed by atoms with Gasteiger partial charge in [0.15, 0.2) is 5.69 Å². The highest BCUT2D eigenvalue weighted by Gasteiger charge is 2.21. The zero-order chi connectivity index (χ0) is 12.3. The molecule has 0 unspecified atom stereocenters. The summed E-state index contributed by atoms with van der Waals surface area (Å²) < 4.78 is 29.5. The van der Waals surface area contributed by atoms with E-state index in [1.54, 1.807) is 6.92 Å². The van der Waals surface area contributed by atoms with E-state index in [1.807, 2.05) is 0 Å². The van der Waals surface area contributed by atoms with Gasteiger partial charge in [0.1, 0.15) is 5.69 Å². The first-order valence-corrected chi connectivity index (χ1v) is 4.76. The van der Waals surface area contributed by atoms with Gasteiger partial charge < -0.3 is 10.5 Å². The first-order valence-electron chi connectivity index (χ1n) is 4.38. The monoisotopic (exact) mass is 250 g/mol. The van der Waals surface area contributed by atoms with Crippen molar-refractivity contribution >= 4 is 23.3 Å². The molecule has 0 aromatic carbocycles. The van der Waals surface area contributed by atoms with Gasteiger partial charge in [-0.1, -0.05) is 11.6 Å². The average Bonchev–Trinajstić information content (AvgIpc) is 2.17. The molecule has 88 valence electrons. The second-order valence-electron chi connectivity index (χ2n) is 2.81. The Morgan fingerprint density at radius 1 is 1.69 bits per heavy atom. The summed E-state index contributed by atoms with van der Waals surface area (Å²) >= 11 is 5.65. The molecule has 0 saturated carbocycles. The zero-order valence-corrected chi connectivity index (χ0v) is 9.09. The van der Waals surface area contributed by atoms with Crippen LogP contribution in [-0.2, 0) is 4.74 Å². The van der Waals surface area contributed by atoms with Crippen LogP contribution >= 0.6 is 11.6 Å². The SMILES string of the molecule is CCOC(=O)c1nc(C(F)F)c(N)cc1Cl. The fraction of sp³-hybridized carbons (Fsp3) is 0.333. The predicted molar refractivity (Wildman–Crippen MR) is 54.6 cm³/mol. The second-order valence-corrected chi connectivity index (χ2v) is 3.22.